The molecule has 92 valence electrons. The van der Waals surface area contributed by atoms with Crippen LogP contribution in [-0.4, -0.2) is 23.3 Å². The first-order valence-electron chi connectivity index (χ1n) is 5.47. The maximum Gasteiger partial charge on any atom is 0.515 e. The molecular formula is C11H15BFNO3. The molecule has 1 N–H and O–H groups in total. The number of aromatic nitrogens is 1. The van der Waals surface area contributed by atoms with Crippen LogP contribution >= 0.6 is 0 Å². The summed E-state index contributed by atoms with van der Waals surface area (Å²) in [5, 5.41) is 0. The largest absolute Gasteiger partial charge is 0.515 e. The van der Waals surface area contributed by atoms with Gasteiger partial charge in [0.25, 0.3) is 0 Å². The van der Waals surface area contributed by atoms with Crippen molar-refractivity contribution in [3.63, 3.8) is 0 Å². The summed E-state index contributed by atoms with van der Waals surface area (Å²) in [6.45, 7) is 7.47. The Kier molecular flexibility index (Phi) is 2.67. The van der Waals surface area contributed by atoms with E-state index in [4.69, 9.17) is 9.31 Å². The normalized spacial score (nSPS) is 21.8. The highest BCUT2D eigenvalue weighted by Crippen LogP contribution is 2.36. The Morgan fingerprint density at radius 3 is 2.29 bits per heavy atom. The van der Waals surface area contributed by atoms with E-state index in [1.807, 2.05) is 27.7 Å². The number of H-pyrrole nitrogens is 1. The van der Waals surface area contributed by atoms with Crippen LogP contribution in [0.15, 0.2) is 17.1 Å². The Labute approximate surface area is 99.3 Å². The molecule has 0 atom stereocenters. The number of nitrogens with one attached hydrogen (secondary N) is 1. The molecular weight excluding hydrogens is 224 g/mol. The van der Waals surface area contributed by atoms with Gasteiger partial charge in [0, 0.05) is 12.3 Å². The average molecular weight is 239 g/mol. The van der Waals surface area contributed by atoms with Crippen LogP contribution in [0.3, 0.4) is 0 Å². The highest BCUT2D eigenvalue weighted by Gasteiger charge is 2.53. The van der Waals surface area contributed by atoms with Gasteiger partial charge in [0.1, 0.15) is 0 Å². The van der Waals surface area contributed by atoms with Crippen LogP contribution < -0.4 is 11.0 Å². The van der Waals surface area contributed by atoms with Crippen LogP contribution in [0.25, 0.3) is 0 Å². The molecule has 0 spiro atoms. The molecule has 0 radical (unpaired) electrons. The molecule has 2 rings (SSSR count). The minimum Gasteiger partial charge on any atom is -0.398 e. The Morgan fingerprint density at radius 2 is 1.76 bits per heavy atom. The molecule has 1 fully saturated rings. The number of rotatable bonds is 1. The lowest BCUT2D eigenvalue weighted by molar-refractivity contribution is 0.00578. The predicted molar refractivity (Wildman–Crippen MR) is 62.7 cm³/mol. The zero-order valence-corrected chi connectivity index (χ0v) is 10.3. The topological polar surface area (TPSA) is 51.3 Å². The van der Waals surface area contributed by atoms with E-state index >= 15 is 0 Å². The predicted octanol–water partition coefficient (Wildman–Crippen LogP) is 0.813. The lowest BCUT2D eigenvalue weighted by Crippen LogP contribution is -2.41. The minimum absolute atomic E-state index is 0.0381. The Morgan fingerprint density at radius 1 is 1.24 bits per heavy atom. The molecule has 0 saturated carbocycles. The first-order valence-corrected chi connectivity index (χ1v) is 5.47. The van der Waals surface area contributed by atoms with Gasteiger partial charge in [-0.3, -0.25) is 4.79 Å². The van der Waals surface area contributed by atoms with E-state index in [0.717, 1.165) is 6.07 Å². The lowest BCUT2D eigenvalue weighted by Gasteiger charge is -2.32. The van der Waals surface area contributed by atoms with Crippen LogP contribution in [0.5, 0.6) is 0 Å². The molecule has 1 aromatic rings. The molecule has 1 aromatic heterocycles. The quantitative estimate of drug-likeness (QED) is 0.738. The van der Waals surface area contributed by atoms with Gasteiger partial charge in [0.05, 0.1) is 16.8 Å². The SMILES string of the molecule is CC1(C)OB(c2[nH]ccc(=O)c2F)OC1(C)C. The standard InChI is InChI=1S/C11H15BFNO3/c1-10(2)11(3,4)17-12(16-10)9-8(13)7(15)5-6-14-9/h5-6H,1-4H3,(H,14,15). The van der Waals surface area contributed by atoms with Crippen LogP contribution in [0.4, 0.5) is 4.39 Å². The van der Waals surface area contributed by atoms with Gasteiger partial charge in [0.15, 0.2) is 5.82 Å². The summed E-state index contributed by atoms with van der Waals surface area (Å²) in [6.07, 6.45) is 1.38. The lowest BCUT2D eigenvalue weighted by atomic mass is 9.84. The van der Waals surface area contributed by atoms with E-state index in [1.54, 1.807) is 0 Å². The van der Waals surface area contributed by atoms with E-state index in [-0.39, 0.29) is 5.59 Å². The smallest absolute Gasteiger partial charge is 0.398 e. The maximum absolute atomic E-state index is 13.7. The number of hydrogen-bond acceptors (Lipinski definition) is 3. The molecule has 6 heteroatoms. The van der Waals surface area contributed by atoms with Crippen molar-refractivity contribution in [2.45, 2.75) is 38.9 Å². The van der Waals surface area contributed by atoms with Gasteiger partial charge in [-0.25, -0.2) is 4.39 Å². The summed E-state index contributed by atoms with van der Waals surface area (Å²) < 4.78 is 25.0. The zero-order chi connectivity index (χ0) is 12.8. The summed E-state index contributed by atoms with van der Waals surface area (Å²) in [4.78, 5) is 13.9. The Balaban J connectivity index is 2.39. The van der Waals surface area contributed by atoms with E-state index in [0.29, 0.717) is 0 Å². The molecule has 17 heavy (non-hydrogen) atoms. The number of halogens is 1. The van der Waals surface area contributed by atoms with Crippen molar-refractivity contribution in [1.82, 2.24) is 4.98 Å². The molecule has 0 aromatic carbocycles. The highest BCUT2D eigenvalue weighted by atomic mass is 19.1. The van der Waals surface area contributed by atoms with Gasteiger partial charge >= 0.3 is 7.12 Å². The van der Waals surface area contributed by atoms with E-state index in [2.05, 4.69) is 4.98 Å². The van der Waals surface area contributed by atoms with Gasteiger partial charge in [-0.15, -0.1) is 0 Å². The number of hydrogen-bond donors (Lipinski definition) is 1. The molecule has 1 aliphatic heterocycles. The van der Waals surface area contributed by atoms with Crippen molar-refractivity contribution in [3.8, 4) is 0 Å². The molecule has 1 saturated heterocycles. The maximum atomic E-state index is 13.7. The van der Waals surface area contributed by atoms with Crippen LogP contribution in [-0.2, 0) is 9.31 Å². The summed E-state index contributed by atoms with van der Waals surface area (Å²) in [7, 11) is -0.881. The molecule has 2 heterocycles. The first kappa shape index (κ1) is 12.3. The Hall–Kier alpha value is -1.14. The third-order valence-electron chi connectivity index (χ3n) is 3.42. The fourth-order valence-electron chi connectivity index (χ4n) is 1.61. The number of pyridine rings is 1. The van der Waals surface area contributed by atoms with Gasteiger partial charge in [0.2, 0.25) is 5.43 Å². The molecule has 4 nitrogen and oxygen atoms in total. The first-order chi connectivity index (χ1) is 7.74. The highest BCUT2D eigenvalue weighted by molar-refractivity contribution is 6.61. The second-order valence-electron chi connectivity index (χ2n) is 5.16. The van der Waals surface area contributed by atoms with E-state index < -0.39 is 29.6 Å². The van der Waals surface area contributed by atoms with Crippen LogP contribution in [0.2, 0.25) is 0 Å². The fourth-order valence-corrected chi connectivity index (χ4v) is 1.61. The van der Waals surface area contributed by atoms with E-state index in [1.165, 1.54) is 6.20 Å². The monoisotopic (exact) mass is 239 g/mol. The summed E-state index contributed by atoms with van der Waals surface area (Å²) in [6, 6.07) is 1.13. The molecule has 0 bridgehead atoms. The van der Waals surface area contributed by atoms with E-state index in [9.17, 15) is 9.18 Å². The minimum atomic E-state index is -0.881. The summed E-state index contributed by atoms with van der Waals surface area (Å²) in [5.74, 6) is -0.856. The molecule has 0 aliphatic carbocycles. The van der Waals surface area contributed by atoms with Crippen molar-refractivity contribution in [1.29, 1.82) is 0 Å². The third-order valence-corrected chi connectivity index (χ3v) is 3.42. The zero-order valence-electron chi connectivity index (χ0n) is 10.3. The third kappa shape index (κ3) is 1.91. The van der Waals surface area contributed by atoms with Crippen molar-refractivity contribution >= 4 is 12.7 Å². The summed E-state index contributed by atoms with van der Waals surface area (Å²) >= 11 is 0. The molecule has 0 unspecified atom stereocenters. The van der Waals surface area contributed by atoms with Crippen LogP contribution in [0.1, 0.15) is 27.7 Å². The van der Waals surface area contributed by atoms with Crippen molar-refractivity contribution < 1.29 is 13.7 Å². The molecule has 0 amide bonds. The number of aromatic amines is 1. The second-order valence-corrected chi connectivity index (χ2v) is 5.16. The van der Waals surface area contributed by atoms with Gasteiger partial charge in [-0.2, -0.15) is 0 Å². The Bertz CT molecular complexity index is 482. The van der Waals surface area contributed by atoms with Gasteiger partial charge in [-0.1, -0.05) is 0 Å². The van der Waals surface area contributed by atoms with Crippen molar-refractivity contribution in [3.05, 3.63) is 28.3 Å². The van der Waals surface area contributed by atoms with Gasteiger partial charge < -0.3 is 14.3 Å². The second kappa shape index (κ2) is 3.68. The fraction of sp³-hybridized carbons (Fsp3) is 0.545. The van der Waals surface area contributed by atoms with Crippen molar-refractivity contribution in [2.24, 2.45) is 0 Å². The summed E-state index contributed by atoms with van der Waals surface area (Å²) in [5.41, 5.74) is -1.75. The van der Waals surface area contributed by atoms with Crippen LogP contribution in [0, 0.1) is 5.82 Å². The van der Waals surface area contributed by atoms with Crippen molar-refractivity contribution in [2.75, 3.05) is 0 Å². The van der Waals surface area contributed by atoms with Gasteiger partial charge in [-0.05, 0) is 27.7 Å². The average Bonchev–Trinajstić information content (AvgIpc) is 2.40. The molecule has 1 aliphatic rings.